The molecule has 0 aliphatic rings. The Morgan fingerprint density at radius 3 is 2.44 bits per heavy atom. The van der Waals surface area contributed by atoms with Gasteiger partial charge in [0.25, 0.3) is 0 Å². The summed E-state index contributed by atoms with van der Waals surface area (Å²) in [6.45, 7) is 6.87. The summed E-state index contributed by atoms with van der Waals surface area (Å²) < 4.78 is 17.6. The van der Waals surface area contributed by atoms with Gasteiger partial charge in [-0.1, -0.05) is 18.2 Å². The molecule has 0 aliphatic heterocycles. The minimum atomic E-state index is -0.285. The predicted octanol–water partition coefficient (Wildman–Crippen LogP) is 5.17. The second-order valence-corrected chi connectivity index (χ2v) is 7.66. The topological polar surface area (TPSA) is 74.7 Å². The van der Waals surface area contributed by atoms with Crippen molar-refractivity contribution in [1.29, 1.82) is 0 Å². The lowest BCUT2D eigenvalue weighted by molar-refractivity contribution is -0.119. The lowest BCUT2D eigenvalue weighted by atomic mass is 10.0. The van der Waals surface area contributed by atoms with E-state index in [0.29, 0.717) is 22.8 Å². The van der Waals surface area contributed by atoms with Crippen molar-refractivity contribution in [2.75, 3.05) is 7.11 Å². The number of ketones is 2. The van der Waals surface area contributed by atoms with Crippen LogP contribution in [0, 0.1) is 0 Å². The Balaban J connectivity index is 1.99. The molecule has 0 atom stereocenters. The van der Waals surface area contributed by atoms with E-state index in [-0.39, 0.29) is 29.9 Å². The number of pyridine rings is 1. The fourth-order valence-corrected chi connectivity index (χ4v) is 3.29. The molecule has 6 nitrogen and oxygen atoms in total. The van der Waals surface area contributed by atoms with Crippen molar-refractivity contribution in [1.82, 2.24) is 4.98 Å². The number of fused-ring (bicyclic) bond motifs is 1. The number of hydrogen-bond donors (Lipinski definition) is 0. The number of carbonyl (C=O) groups excluding carboxylic acids is 2. The monoisotopic (exact) mass is 433 g/mol. The van der Waals surface area contributed by atoms with Crippen LogP contribution in [0.1, 0.15) is 38.8 Å². The van der Waals surface area contributed by atoms with Gasteiger partial charge in [0.15, 0.2) is 11.6 Å². The first kappa shape index (κ1) is 23.0. The number of nitrogens with zero attached hydrogens (tertiary/aromatic N) is 1. The Morgan fingerprint density at radius 1 is 1.06 bits per heavy atom. The molecule has 1 aromatic heterocycles. The Kier molecular flexibility index (Phi) is 7.25. The van der Waals surface area contributed by atoms with Gasteiger partial charge in [0.2, 0.25) is 0 Å². The number of methoxy groups -OCH3 is 1. The van der Waals surface area contributed by atoms with E-state index in [9.17, 15) is 9.59 Å². The maximum Gasteiger partial charge on any atom is 0.163 e. The normalized spacial score (nSPS) is 10.7. The maximum absolute atomic E-state index is 11.8. The van der Waals surface area contributed by atoms with Crippen LogP contribution in [-0.2, 0) is 16.2 Å². The molecule has 2 aromatic carbocycles. The first-order chi connectivity index (χ1) is 15.3. The van der Waals surface area contributed by atoms with Crippen LogP contribution >= 0.6 is 0 Å². The van der Waals surface area contributed by atoms with Crippen molar-refractivity contribution in [3.63, 3.8) is 0 Å². The Labute approximate surface area is 187 Å². The molecule has 0 fully saturated rings. The zero-order valence-electron chi connectivity index (χ0n) is 19.0. The molecule has 0 spiro atoms. The number of carbonyl (C=O) groups is 2. The highest BCUT2D eigenvalue weighted by atomic mass is 16.5. The average Bonchev–Trinajstić information content (AvgIpc) is 2.76. The van der Waals surface area contributed by atoms with Gasteiger partial charge >= 0.3 is 0 Å². The highest BCUT2D eigenvalue weighted by Crippen LogP contribution is 2.33. The zero-order chi connectivity index (χ0) is 23.3. The number of benzene rings is 2. The van der Waals surface area contributed by atoms with Gasteiger partial charge in [-0.2, -0.15) is 0 Å². The van der Waals surface area contributed by atoms with E-state index in [2.05, 4.69) is 4.98 Å². The van der Waals surface area contributed by atoms with E-state index in [4.69, 9.17) is 14.2 Å². The van der Waals surface area contributed by atoms with Crippen LogP contribution in [0.4, 0.5) is 0 Å². The highest BCUT2D eigenvalue weighted by molar-refractivity contribution is 6.21. The molecule has 1 heterocycles. The SMILES string of the molecule is COc1ccc2ncc(COc3ccccc3C=C(C(C)=O)C(C)=O)c(OC(C)C)c2c1. The lowest BCUT2D eigenvalue weighted by Gasteiger charge is -2.18. The fourth-order valence-electron chi connectivity index (χ4n) is 3.29. The number of ether oxygens (including phenoxy) is 3. The minimum Gasteiger partial charge on any atom is -0.497 e. The smallest absolute Gasteiger partial charge is 0.163 e. The molecule has 32 heavy (non-hydrogen) atoms. The maximum atomic E-state index is 11.8. The molecule has 0 radical (unpaired) electrons. The quantitative estimate of drug-likeness (QED) is 0.263. The summed E-state index contributed by atoms with van der Waals surface area (Å²) in [6.07, 6.45) is 3.26. The van der Waals surface area contributed by atoms with Crippen LogP contribution < -0.4 is 14.2 Å². The number of hydrogen-bond acceptors (Lipinski definition) is 6. The van der Waals surface area contributed by atoms with E-state index in [0.717, 1.165) is 16.5 Å². The fraction of sp³-hybridized carbons (Fsp3) is 0.269. The van der Waals surface area contributed by atoms with Crippen molar-refractivity contribution < 1.29 is 23.8 Å². The number of rotatable bonds is 9. The van der Waals surface area contributed by atoms with Crippen LogP contribution in [0.2, 0.25) is 0 Å². The van der Waals surface area contributed by atoms with E-state index in [1.54, 1.807) is 31.5 Å². The molecule has 0 amide bonds. The molecular formula is C26H27NO5. The third-order valence-corrected chi connectivity index (χ3v) is 4.81. The van der Waals surface area contributed by atoms with Gasteiger partial charge in [0.05, 0.1) is 29.9 Å². The van der Waals surface area contributed by atoms with Crippen LogP contribution in [0.3, 0.4) is 0 Å². The van der Waals surface area contributed by atoms with E-state index in [1.165, 1.54) is 13.8 Å². The van der Waals surface area contributed by atoms with E-state index < -0.39 is 0 Å². The summed E-state index contributed by atoms with van der Waals surface area (Å²) in [5.41, 5.74) is 2.34. The van der Waals surface area contributed by atoms with E-state index >= 15 is 0 Å². The number of para-hydroxylation sites is 1. The first-order valence-electron chi connectivity index (χ1n) is 10.4. The van der Waals surface area contributed by atoms with Gasteiger partial charge < -0.3 is 14.2 Å². The van der Waals surface area contributed by atoms with Crippen molar-refractivity contribution in [3.8, 4) is 17.2 Å². The van der Waals surface area contributed by atoms with Crippen molar-refractivity contribution in [3.05, 3.63) is 65.4 Å². The van der Waals surface area contributed by atoms with Gasteiger partial charge in [-0.15, -0.1) is 0 Å². The summed E-state index contributed by atoms with van der Waals surface area (Å²) in [5, 5.41) is 0.836. The minimum absolute atomic E-state index is 0.0468. The second kappa shape index (κ2) is 10.1. The Bertz CT molecular complexity index is 1160. The summed E-state index contributed by atoms with van der Waals surface area (Å²) >= 11 is 0. The summed E-state index contributed by atoms with van der Waals surface area (Å²) in [7, 11) is 1.62. The number of aromatic nitrogens is 1. The summed E-state index contributed by atoms with van der Waals surface area (Å²) in [4.78, 5) is 28.2. The average molecular weight is 434 g/mol. The van der Waals surface area contributed by atoms with Crippen LogP contribution in [0.25, 0.3) is 17.0 Å². The molecule has 0 saturated heterocycles. The molecule has 3 aromatic rings. The molecule has 0 aliphatic carbocycles. The molecule has 0 bridgehead atoms. The largest absolute Gasteiger partial charge is 0.497 e. The third-order valence-electron chi connectivity index (χ3n) is 4.81. The number of allylic oxidation sites excluding steroid dienone is 1. The molecule has 0 unspecified atom stereocenters. The van der Waals surface area contributed by atoms with Gasteiger partial charge in [0, 0.05) is 17.1 Å². The first-order valence-corrected chi connectivity index (χ1v) is 10.4. The van der Waals surface area contributed by atoms with Crippen LogP contribution in [-0.4, -0.2) is 29.8 Å². The molecule has 6 heteroatoms. The Hall–Kier alpha value is -3.67. The third kappa shape index (κ3) is 5.32. The zero-order valence-corrected chi connectivity index (χ0v) is 19.0. The van der Waals surface area contributed by atoms with Crippen molar-refractivity contribution >= 4 is 28.5 Å². The van der Waals surface area contributed by atoms with E-state index in [1.807, 2.05) is 44.2 Å². The molecule has 166 valence electrons. The van der Waals surface area contributed by atoms with Gasteiger partial charge in [-0.3, -0.25) is 14.6 Å². The van der Waals surface area contributed by atoms with Gasteiger partial charge in [0.1, 0.15) is 23.9 Å². The van der Waals surface area contributed by atoms with Crippen molar-refractivity contribution in [2.24, 2.45) is 0 Å². The predicted molar refractivity (Wildman–Crippen MR) is 124 cm³/mol. The Morgan fingerprint density at radius 2 is 1.78 bits per heavy atom. The van der Waals surface area contributed by atoms with Gasteiger partial charge in [-0.25, -0.2) is 0 Å². The van der Waals surface area contributed by atoms with Gasteiger partial charge in [-0.05, 0) is 58.0 Å². The molecule has 0 N–H and O–H groups in total. The highest BCUT2D eigenvalue weighted by Gasteiger charge is 2.15. The standard InChI is InChI=1S/C26H27NO5/c1-16(2)32-26-20(14-27-24-11-10-21(30-5)13-23(24)26)15-31-25-9-7-6-8-19(25)12-22(17(3)28)18(4)29/h6-14,16H,15H2,1-5H3. The number of Topliss-reactive ketones (excluding diaryl/α,β-unsaturated/α-hetero) is 2. The van der Waals surface area contributed by atoms with Crippen LogP contribution in [0.5, 0.6) is 17.2 Å². The summed E-state index contributed by atoms with van der Waals surface area (Å²) in [5.74, 6) is 1.38. The molecule has 3 rings (SSSR count). The molecular weight excluding hydrogens is 406 g/mol. The second-order valence-electron chi connectivity index (χ2n) is 7.66. The lowest BCUT2D eigenvalue weighted by Crippen LogP contribution is -2.10. The van der Waals surface area contributed by atoms with Crippen LogP contribution in [0.15, 0.2) is 54.2 Å². The summed E-state index contributed by atoms with van der Waals surface area (Å²) in [6, 6.07) is 12.9. The van der Waals surface area contributed by atoms with Crippen molar-refractivity contribution in [2.45, 2.75) is 40.4 Å². The molecule has 0 saturated carbocycles.